The van der Waals surface area contributed by atoms with Gasteiger partial charge in [0.25, 0.3) is 5.91 Å². The lowest BCUT2D eigenvalue weighted by atomic mass is 10.2. The second-order valence-corrected chi connectivity index (χ2v) is 7.65. The number of hydrogen-bond acceptors (Lipinski definition) is 3. The van der Waals surface area contributed by atoms with Gasteiger partial charge in [0.2, 0.25) is 0 Å². The smallest absolute Gasteiger partial charge is 0.265 e. The number of imidazole rings is 1. The molecule has 1 amide bonds. The van der Waals surface area contributed by atoms with Crippen LogP contribution in [0, 0.1) is 6.92 Å². The molecule has 0 saturated carbocycles. The van der Waals surface area contributed by atoms with E-state index in [2.05, 4.69) is 22.9 Å². The minimum atomic E-state index is -0.0880. The van der Waals surface area contributed by atoms with Crippen LogP contribution in [0.2, 0.25) is 0 Å². The van der Waals surface area contributed by atoms with Crippen LogP contribution >= 0.6 is 11.3 Å². The number of carbonyl (C=O) groups excluding carboxylic acids is 1. The van der Waals surface area contributed by atoms with Crippen molar-refractivity contribution >= 4 is 34.0 Å². The molecule has 0 aliphatic heterocycles. The third-order valence-corrected chi connectivity index (χ3v) is 5.51. The first-order valence-corrected chi connectivity index (χ1v) is 9.91. The Morgan fingerprint density at radius 2 is 1.96 bits per heavy atom. The zero-order valence-corrected chi connectivity index (χ0v) is 16.2. The average molecular weight is 375 g/mol. The van der Waals surface area contributed by atoms with Crippen LogP contribution in [-0.4, -0.2) is 15.5 Å². The number of rotatable bonds is 5. The van der Waals surface area contributed by atoms with Gasteiger partial charge in [0.05, 0.1) is 20.8 Å². The number of carbonyl (C=O) groups is 1. The number of aryl methyl sites for hydroxylation is 2. The van der Waals surface area contributed by atoms with Gasteiger partial charge in [-0.2, -0.15) is 0 Å². The molecule has 136 valence electrons. The Labute approximate surface area is 162 Å². The third-order valence-electron chi connectivity index (χ3n) is 4.43. The Balaban J connectivity index is 1.65. The molecular weight excluding hydrogens is 354 g/mol. The Hall–Kier alpha value is -2.92. The second kappa shape index (κ2) is 7.37. The first-order valence-electron chi connectivity index (χ1n) is 9.09. The summed E-state index contributed by atoms with van der Waals surface area (Å²) in [5.41, 5.74) is 4.05. The largest absolute Gasteiger partial charge is 0.323 e. The van der Waals surface area contributed by atoms with Crippen molar-refractivity contribution in [2.45, 2.75) is 26.8 Å². The summed E-state index contributed by atoms with van der Waals surface area (Å²) in [6, 6.07) is 19.9. The summed E-state index contributed by atoms with van der Waals surface area (Å²) in [6.07, 6.45) is 1.03. The topological polar surface area (TPSA) is 46.9 Å². The quantitative estimate of drug-likeness (QED) is 0.484. The fourth-order valence-corrected chi connectivity index (χ4v) is 4.11. The van der Waals surface area contributed by atoms with Crippen molar-refractivity contribution in [3.8, 4) is 10.7 Å². The van der Waals surface area contributed by atoms with Gasteiger partial charge in [-0.05, 0) is 55.3 Å². The van der Waals surface area contributed by atoms with E-state index in [9.17, 15) is 4.79 Å². The van der Waals surface area contributed by atoms with E-state index in [4.69, 9.17) is 4.98 Å². The molecular formula is C22H21N3OS. The monoisotopic (exact) mass is 375 g/mol. The maximum Gasteiger partial charge on any atom is 0.265 e. The van der Waals surface area contributed by atoms with E-state index in [1.165, 1.54) is 11.3 Å². The Morgan fingerprint density at radius 1 is 1.11 bits per heavy atom. The molecule has 2 aromatic carbocycles. The summed E-state index contributed by atoms with van der Waals surface area (Å²) >= 11 is 1.48. The molecule has 0 atom stereocenters. The number of amides is 1. The molecule has 1 N–H and O–H groups in total. The molecule has 0 aliphatic carbocycles. The number of benzene rings is 2. The van der Waals surface area contributed by atoms with Gasteiger partial charge in [0, 0.05) is 12.2 Å². The van der Waals surface area contributed by atoms with Crippen LogP contribution in [0.3, 0.4) is 0 Å². The van der Waals surface area contributed by atoms with Gasteiger partial charge in [-0.15, -0.1) is 11.3 Å². The number of fused-ring (bicyclic) bond motifs is 1. The highest BCUT2D eigenvalue weighted by Crippen LogP contribution is 2.31. The number of nitrogens with zero attached hydrogens (tertiary/aromatic N) is 2. The highest BCUT2D eigenvalue weighted by atomic mass is 32.1. The molecule has 2 aromatic heterocycles. The summed E-state index contributed by atoms with van der Waals surface area (Å²) in [5.74, 6) is 0.840. The summed E-state index contributed by atoms with van der Waals surface area (Å²) in [5, 5.41) is 2.97. The van der Waals surface area contributed by atoms with Crippen molar-refractivity contribution in [3.63, 3.8) is 0 Å². The highest BCUT2D eigenvalue weighted by molar-refractivity contribution is 7.17. The number of thiophene rings is 1. The first kappa shape index (κ1) is 17.5. The van der Waals surface area contributed by atoms with Crippen molar-refractivity contribution < 1.29 is 4.79 Å². The van der Waals surface area contributed by atoms with Crippen LogP contribution < -0.4 is 5.32 Å². The van der Waals surface area contributed by atoms with E-state index in [0.29, 0.717) is 4.88 Å². The van der Waals surface area contributed by atoms with Crippen molar-refractivity contribution in [1.29, 1.82) is 0 Å². The lowest BCUT2D eigenvalue weighted by Gasteiger charge is -2.06. The van der Waals surface area contributed by atoms with E-state index in [1.807, 2.05) is 61.5 Å². The van der Waals surface area contributed by atoms with Crippen LogP contribution in [0.15, 0.2) is 60.7 Å². The fourth-order valence-electron chi connectivity index (χ4n) is 3.21. The minimum Gasteiger partial charge on any atom is -0.323 e. The van der Waals surface area contributed by atoms with Crippen LogP contribution in [-0.2, 0) is 6.54 Å². The van der Waals surface area contributed by atoms with Crippen LogP contribution in [0.5, 0.6) is 0 Å². The predicted octanol–water partition coefficient (Wildman–Crippen LogP) is 5.74. The van der Waals surface area contributed by atoms with E-state index in [1.54, 1.807) is 0 Å². The van der Waals surface area contributed by atoms with E-state index >= 15 is 0 Å². The van der Waals surface area contributed by atoms with Gasteiger partial charge in [0.1, 0.15) is 0 Å². The molecule has 4 rings (SSSR count). The Bertz CT molecular complexity index is 1110. The number of hydrogen-bond donors (Lipinski definition) is 1. The lowest BCUT2D eigenvalue weighted by Crippen LogP contribution is -2.09. The summed E-state index contributed by atoms with van der Waals surface area (Å²) in [6.45, 7) is 5.07. The molecule has 0 bridgehead atoms. The standard InChI is InChI=1S/C22H21N3OS/c1-3-13-25-18-10-5-4-9-17(18)24-21(25)19-11-12-20(27-19)22(26)23-16-8-6-7-15(2)14-16/h4-12,14H,3,13H2,1-2H3,(H,23,26). The van der Waals surface area contributed by atoms with Gasteiger partial charge in [-0.1, -0.05) is 31.2 Å². The van der Waals surface area contributed by atoms with Crippen molar-refractivity contribution in [1.82, 2.24) is 9.55 Å². The summed E-state index contributed by atoms with van der Waals surface area (Å²) in [4.78, 5) is 19.1. The molecule has 4 nitrogen and oxygen atoms in total. The normalized spacial score (nSPS) is 11.0. The van der Waals surface area contributed by atoms with Crippen molar-refractivity contribution in [3.05, 3.63) is 71.1 Å². The minimum absolute atomic E-state index is 0.0880. The zero-order valence-electron chi connectivity index (χ0n) is 15.4. The van der Waals surface area contributed by atoms with Crippen LogP contribution in [0.4, 0.5) is 5.69 Å². The molecule has 0 aliphatic rings. The molecule has 0 unspecified atom stereocenters. The maximum absolute atomic E-state index is 12.6. The molecule has 4 aromatic rings. The van der Waals surface area contributed by atoms with Gasteiger partial charge in [0.15, 0.2) is 5.82 Å². The second-order valence-electron chi connectivity index (χ2n) is 6.56. The van der Waals surface area contributed by atoms with Crippen molar-refractivity contribution in [2.75, 3.05) is 5.32 Å². The SMILES string of the molecule is CCCn1c(-c2ccc(C(=O)Nc3cccc(C)c3)s2)nc2ccccc21. The predicted molar refractivity (Wildman–Crippen MR) is 112 cm³/mol. The van der Waals surface area contributed by atoms with Gasteiger partial charge >= 0.3 is 0 Å². The zero-order chi connectivity index (χ0) is 18.8. The fraction of sp³-hybridized carbons (Fsp3) is 0.182. The molecule has 27 heavy (non-hydrogen) atoms. The molecule has 0 radical (unpaired) electrons. The van der Waals surface area contributed by atoms with Crippen LogP contribution in [0.1, 0.15) is 28.6 Å². The van der Waals surface area contributed by atoms with E-state index < -0.39 is 0 Å². The highest BCUT2D eigenvalue weighted by Gasteiger charge is 2.16. The first-order chi connectivity index (χ1) is 13.2. The maximum atomic E-state index is 12.6. The Morgan fingerprint density at radius 3 is 2.78 bits per heavy atom. The number of para-hydroxylation sites is 2. The number of anilines is 1. The molecule has 0 fully saturated rings. The molecule has 0 spiro atoms. The molecule has 2 heterocycles. The van der Waals surface area contributed by atoms with Crippen LogP contribution in [0.25, 0.3) is 21.7 Å². The molecule has 0 saturated heterocycles. The van der Waals surface area contributed by atoms with Gasteiger partial charge < -0.3 is 9.88 Å². The van der Waals surface area contributed by atoms with E-state index in [0.717, 1.165) is 46.0 Å². The van der Waals surface area contributed by atoms with E-state index in [-0.39, 0.29) is 5.91 Å². The third kappa shape index (κ3) is 3.51. The van der Waals surface area contributed by atoms with Gasteiger partial charge in [-0.25, -0.2) is 4.98 Å². The summed E-state index contributed by atoms with van der Waals surface area (Å²) < 4.78 is 2.24. The van der Waals surface area contributed by atoms with Gasteiger partial charge in [-0.3, -0.25) is 4.79 Å². The average Bonchev–Trinajstić information content (AvgIpc) is 3.27. The molecule has 5 heteroatoms. The summed E-state index contributed by atoms with van der Waals surface area (Å²) in [7, 11) is 0. The lowest BCUT2D eigenvalue weighted by molar-refractivity contribution is 0.103. The van der Waals surface area contributed by atoms with Crippen molar-refractivity contribution in [2.24, 2.45) is 0 Å². The number of nitrogens with one attached hydrogen (secondary N) is 1. The number of aromatic nitrogens is 2. The Kier molecular flexibility index (Phi) is 4.77.